The molecule has 0 saturated heterocycles. The fraction of sp³-hybridized carbons (Fsp3) is 0.394. The summed E-state index contributed by atoms with van der Waals surface area (Å²) < 4.78 is 27.6. The number of fused-ring (bicyclic) bond motifs is 1. The molecule has 0 aliphatic rings. The minimum Gasteiger partial charge on any atom is -0.497 e. The highest BCUT2D eigenvalue weighted by Gasteiger charge is 2.22. The van der Waals surface area contributed by atoms with Gasteiger partial charge in [-0.25, -0.2) is 4.98 Å². The Labute approximate surface area is 258 Å². The van der Waals surface area contributed by atoms with Gasteiger partial charge < -0.3 is 44.6 Å². The number of methoxy groups -OCH3 is 4. The van der Waals surface area contributed by atoms with Gasteiger partial charge in [-0.15, -0.1) is 0 Å². The molecule has 236 valence electrons. The highest BCUT2D eigenvalue weighted by atomic mass is 16.6. The van der Waals surface area contributed by atoms with Gasteiger partial charge in [0.05, 0.1) is 39.5 Å². The summed E-state index contributed by atoms with van der Waals surface area (Å²) in [5.41, 5.74) is 9.95. The van der Waals surface area contributed by atoms with Gasteiger partial charge in [-0.3, -0.25) is 4.79 Å². The van der Waals surface area contributed by atoms with Crippen molar-refractivity contribution in [2.45, 2.75) is 51.9 Å². The summed E-state index contributed by atoms with van der Waals surface area (Å²) in [7, 11) is 6.55. The van der Waals surface area contributed by atoms with Crippen molar-refractivity contribution in [1.29, 1.82) is 0 Å². The average molecular weight is 606 g/mol. The molecule has 0 aliphatic carbocycles. The molecule has 4 N–H and O–H groups in total. The van der Waals surface area contributed by atoms with E-state index in [-0.39, 0.29) is 0 Å². The maximum atomic E-state index is 12.2. The molecule has 44 heavy (non-hydrogen) atoms. The van der Waals surface area contributed by atoms with Crippen molar-refractivity contribution in [3.05, 3.63) is 65.7 Å². The first kappa shape index (κ1) is 32.3. The number of esters is 1. The van der Waals surface area contributed by atoms with Gasteiger partial charge in [0.2, 0.25) is 5.95 Å². The molecule has 3 aromatic carbocycles. The molecule has 1 heterocycles. The third kappa shape index (κ3) is 8.25. The Hall–Kier alpha value is -4.64. The second kappa shape index (κ2) is 14.2. The third-order valence-electron chi connectivity index (χ3n) is 6.97. The average Bonchev–Trinajstić information content (AvgIpc) is 3.43. The van der Waals surface area contributed by atoms with Crippen LogP contribution in [0.4, 0.5) is 11.6 Å². The molecule has 0 fully saturated rings. The quantitative estimate of drug-likeness (QED) is 0.163. The SMILES string of the molecule is COc1ccc(CN(Cc2ccc(OC)cc2OC)c2nc3ccc(NCC[C@H](N)C(=O)OC(C)(C)C)cc3[nH]2)c(OC)c1. The summed E-state index contributed by atoms with van der Waals surface area (Å²) in [5.74, 6) is 3.12. The van der Waals surface area contributed by atoms with Gasteiger partial charge in [0.25, 0.3) is 0 Å². The molecule has 0 saturated carbocycles. The predicted molar refractivity (Wildman–Crippen MR) is 172 cm³/mol. The van der Waals surface area contributed by atoms with E-state index in [1.807, 2.05) is 75.4 Å². The van der Waals surface area contributed by atoms with Crippen LogP contribution >= 0.6 is 0 Å². The van der Waals surface area contributed by atoms with E-state index in [2.05, 4.69) is 15.2 Å². The molecule has 4 aromatic rings. The van der Waals surface area contributed by atoms with E-state index in [4.69, 9.17) is 34.4 Å². The van der Waals surface area contributed by atoms with E-state index in [1.54, 1.807) is 28.4 Å². The number of ether oxygens (including phenoxy) is 5. The van der Waals surface area contributed by atoms with Crippen molar-refractivity contribution in [2.24, 2.45) is 5.73 Å². The van der Waals surface area contributed by atoms with Crippen LogP contribution in [-0.2, 0) is 22.6 Å². The Morgan fingerprint density at radius 3 is 2.00 bits per heavy atom. The van der Waals surface area contributed by atoms with Gasteiger partial charge in [0, 0.05) is 48.6 Å². The molecule has 0 amide bonds. The number of aromatic amines is 1. The zero-order valence-electron chi connectivity index (χ0n) is 26.5. The second-order valence-corrected chi connectivity index (χ2v) is 11.4. The summed E-state index contributed by atoms with van der Waals surface area (Å²) in [6, 6.07) is 16.7. The summed E-state index contributed by atoms with van der Waals surface area (Å²) in [5, 5.41) is 3.35. The van der Waals surface area contributed by atoms with Crippen molar-refractivity contribution in [3.8, 4) is 23.0 Å². The number of imidazole rings is 1. The lowest BCUT2D eigenvalue weighted by Crippen LogP contribution is -2.38. The summed E-state index contributed by atoms with van der Waals surface area (Å²) in [4.78, 5) is 22.8. The minimum atomic E-state index is -0.706. The van der Waals surface area contributed by atoms with Crippen LogP contribution in [0.15, 0.2) is 54.6 Å². The highest BCUT2D eigenvalue weighted by Crippen LogP contribution is 2.32. The Balaban J connectivity index is 1.58. The number of carbonyl (C=O) groups excluding carboxylic acids is 1. The van der Waals surface area contributed by atoms with E-state index >= 15 is 0 Å². The maximum absolute atomic E-state index is 12.2. The predicted octanol–water partition coefficient (Wildman–Crippen LogP) is 5.28. The molecule has 0 aliphatic heterocycles. The third-order valence-corrected chi connectivity index (χ3v) is 6.97. The van der Waals surface area contributed by atoms with E-state index in [1.165, 1.54) is 0 Å². The Bertz CT molecular complexity index is 1510. The van der Waals surface area contributed by atoms with Crippen LogP contribution in [0, 0.1) is 0 Å². The van der Waals surface area contributed by atoms with Gasteiger partial charge in [0.15, 0.2) is 0 Å². The smallest absolute Gasteiger partial charge is 0.323 e. The number of anilines is 2. The number of nitrogens with two attached hydrogens (primary N) is 1. The van der Waals surface area contributed by atoms with E-state index < -0.39 is 17.6 Å². The van der Waals surface area contributed by atoms with Gasteiger partial charge in [-0.2, -0.15) is 0 Å². The Morgan fingerprint density at radius 2 is 1.48 bits per heavy atom. The number of hydrogen-bond donors (Lipinski definition) is 3. The standard InChI is InChI=1S/C33H43N5O6/c1-33(2,3)44-31(39)26(34)14-15-35-23-10-13-27-28(16-23)37-32(36-27)38(19-21-8-11-24(40-4)17-29(21)42-6)20-22-9-12-25(41-5)18-30(22)43-7/h8-13,16-18,26,35H,14-15,19-20,34H2,1-7H3,(H,36,37)/t26-/m0/s1. The zero-order chi connectivity index (χ0) is 31.9. The van der Waals surface area contributed by atoms with Crippen molar-refractivity contribution in [1.82, 2.24) is 9.97 Å². The topological polar surface area (TPSA) is 133 Å². The van der Waals surface area contributed by atoms with Crippen molar-refractivity contribution in [2.75, 3.05) is 45.2 Å². The van der Waals surface area contributed by atoms with Gasteiger partial charge >= 0.3 is 5.97 Å². The lowest BCUT2D eigenvalue weighted by atomic mass is 10.1. The van der Waals surface area contributed by atoms with Gasteiger partial charge in [-0.1, -0.05) is 0 Å². The molecular weight excluding hydrogens is 562 g/mol. The number of benzene rings is 3. The summed E-state index contributed by atoms with van der Waals surface area (Å²) in [6.07, 6.45) is 0.433. The molecule has 0 bridgehead atoms. The van der Waals surface area contributed by atoms with Crippen LogP contribution in [0.2, 0.25) is 0 Å². The van der Waals surface area contributed by atoms with E-state index in [0.29, 0.717) is 55.0 Å². The molecule has 0 radical (unpaired) electrons. The minimum absolute atomic E-state index is 0.407. The molecule has 11 nitrogen and oxygen atoms in total. The number of H-pyrrole nitrogens is 1. The van der Waals surface area contributed by atoms with Crippen molar-refractivity contribution in [3.63, 3.8) is 0 Å². The number of nitrogens with zero attached hydrogens (tertiary/aromatic N) is 2. The zero-order valence-corrected chi connectivity index (χ0v) is 26.5. The van der Waals surface area contributed by atoms with Crippen LogP contribution in [0.3, 0.4) is 0 Å². The van der Waals surface area contributed by atoms with Gasteiger partial charge in [0.1, 0.15) is 34.6 Å². The first-order valence-corrected chi connectivity index (χ1v) is 14.4. The molecule has 1 aromatic heterocycles. The monoisotopic (exact) mass is 605 g/mol. The first-order chi connectivity index (χ1) is 21.0. The Kier molecular flexibility index (Phi) is 10.4. The molecule has 4 rings (SSSR count). The van der Waals surface area contributed by atoms with Crippen LogP contribution in [0.5, 0.6) is 23.0 Å². The number of nitrogens with one attached hydrogen (secondary N) is 2. The maximum Gasteiger partial charge on any atom is 0.323 e. The first-order valence-electron chi connectivity index (χ1n) is 14.4. The van der Waals surface area contributed by atoms with Crippen LogP contribution < -0.4 is 34.9 Å². The molecule has 1 atom stereocenters. The number of carbonyl (C=O) groups is 1. The number of hydrogen-bond acceptors (Lipinski definition) is 10. The lowest BCUT2D eigenvalue weighted by Gasteiger charge is -2.24. The summed E-state index contributed by atoms with van der Waals surface area (Å²) >= 11 is 0. The largest absolute Gasteiger partial charge is 0.497 e. The van der Waals surface area contributed by atoms with Crippen LogP contribution in [0.25, 0.3) is 11.0 Å². The fourth-order valence-electron chi connectivity index (χ4n) is 4.71. The summed E-state index contributed by atoms with van der Waals surface area (Å²) in [6.45, 7) is 6.98. The highest BCUT2D eigenvalue weighted by molar-refractivity contribution is 5.81. The van der Waals surface area contributed by atoms with Crippen molar-refractivity contribution < 1.29 is 28.5 Å². The molecule has 0 unspecified atom stereocenters. The van der Waals surface area contributed by atoms with Crippen LogP contribution in [0.1, 0.15) is 38.3 Å². The number of rotatable bonds is 14. The normalized spacial score (nSPS) is 12.0. The lowest BCUT2D eigenvalue weighted by molar-refractivity contribution is -0.156. The van der Waals surface area contributed by atoms with Crippen molar-refractivity contribution >= 4 is 28.6 Å². The number of aromatic nitrogens is 2. The van der Waals surface area contributed by atoms with E-state index in [9.17, 15) is 4.79 Å². The Morgan fingerprint density at radius 1 is 0.886 bits per heavy atom. The van der Waals surface area contributed by atoms with Gasteiger partial charge in [-0.05, 0) is 69.7 Å². The second-order valence-electron chi connectivity index (χ2n) is 11.4. The van der Waals surface area contributed by atoms with E-state index in [0.717, 1.165) is 27.8 Å². The van der Waals surface area contributed by atoms with Crippen LogP contribution in [-0.4, -0.2) is 62.6 Å². The fourth-order valence-corrected chi connectivity index (χ4v) is 4.71. The molecule has 11 heteroatoms. The molecule has 0 spiro atoms. The molecular formula is C33H43N5O6.